The minimum absolute atomic E-state index is 0.468. The maximum absolute atomic E-state index is 12.5. The van der Waals surface area contributed by atoms with E-state index in [2.05, 4.69) is 20.3 Å². The van der Waals surface area contributed by atoms with Gasteiger partial charge in [-0.25, -0.2) is 9.97 Å². The first kappa shape index (κ1) is 16.4. The highest BCUT2D eigenvalue weighted by Gasteiger charge is 2.06. The molecular weight excluding hydrogens is 344 g/mol. The maximum Gasteiger partial charge on any atom is 0.180 e. The lowest BCUT2D eigenvalue weighted by molar-refractivity contribution is 0.682. The van der Waals surface area contributed by atoms with Crippen molar-refractivity contribution in [3.8, 4) is 0 Å². The average Bonchev–Trinajstić information content (AvgIpc) is 2.69. The van der Waals surface area contributed by atoms with Gasteiger partial charge in [-0.3, -0.25) is 9.19 Å². The zero-order valence-corrected chi connectivity index (χ0v) is 14.7. The Kier molecular flexibility index (Phi) is 4.66. The summed E-state index contributed by atoms with van der Waals surface area (Å²) in [5, 5.41) is 3.27. The van der Waals surface area contributed by atoms with Crippen molar-refractivity contribution in [3.63, 3.8) is 0 Å². The average molecular weight is 360 g/mol. The van der Waals surface area contributed by atoms with Gasteiger partial charge in [-0.15, -0.1) is 0 Å². The van der Waals surface area contributed by atoms with Crippen molar-refractivity contribution in [2.45, 2.75) is 10.6 Å². The van der Waals surface area contributed by atoms with Crippen LogP contribution >= 0.6 is 0 Å². The number of nitrogens with one attached hydrogen (secondary N) is 1. The van der Waals surface area contributed by atoms with Gasteiger partial charge < -0.3 is 5.32 Å². The fourth-order valence-electron chi connectivity index (χ4n) is 2.62. The summed E-state index contributed by atoms with van der Waals surface area (Å²) in [6.45, 7) is 0. The fourth-order valence-corrected chi connectivity index (χ4v) is 3.73. The van der Waals surface area contributed by atoms with Gasteiger partial charge in [-0.05, 0) is 42.0 Å². The molecule has 0 bridgehead atoms. The van der Waals surface area contributed by atoms with Crippen molar-refractivity contribution in [3.05, 3.63) is 84.7 Å². The van der Waals surface area contributed by atoms with Gasteiger partial charge in [0.1, 0.15) is 11.3 Å². The van der Waals surface area contributed by atoms with Gasteiger partial charge in [0.15, 0.2) is 5.65 Å². The first-order valence-electron chi connectivity index (χ1n) is 8.15. The molecule has 0 spiro atoms. The van der Waals surface area contributed by atoms with E-state index in [1.54, 1.807) is 12.4 Å². The van der Waals surface area contributed by atoms with Crippen LogP contribution < -0.4 is 5.32 Å². The van der Waals surface area contributed by atoms with Crippen LogP contribution in [0.5, 0.6) is 0 Å². The quantitative estimate of drug-likeness (QED) is 0.581. The summed E-state index contributed by atoms with van der Waals surface area (Å²) in [5.74, 6) is 1.16. The molecule has 0 aliphatic heterocycles. The number of hydrogen-bond donors (Lipinski definition) is 1. The van der Waals surface area contributed by atoms with E-state index in [0.717, 1.165) is 21.7 Å². The molecule has 6 heteroatoms. The third kappa shape index (κ3) is 3.75. The lowest BCUT2D eigenvalue weighted by Gasteiger charge is -2.08. The Morgan fingerprint density at radius 1 is 0.885 bits per heavy atom. The second kappa shape index (κ2) is 7.41. The molecule has 0 amide bonds. The molecule has 0 fully saturated rings. The molecule has 4 aromatic rings. The van der Waals surface area contributed by atoms with Crippen molar-refractivity contribution >= 4 is 33.5 Å². The van der Waals surface area contributed by atoms with Crippen LogP contribution in [0.1, 0.15) is 5.56 Å². The van der Waals surface area contributed by atoms with E-state index in [0.29, 0.717) is 17.2 Å². The molecule has 4 rings (SSSR count). The smallest absolute Gasteiger partial charge is 0.180 e. The van der Waals surface area contributed by atoms with Crippen LogP contribution in [0.15, 0.2) is 84.0 Å². The summed E-state index contributed by atoms with van der Waals surface area (Å²) >= 11 is 0. The summed E-state index contributed by atoms with van der Waals surface area (Å²) in [5.41, 5.74) is 3.24. The molecule has 0 saturated heterocycles. The molecule has 1 N–H and O–H groups in total. The van der Waals surface area contributed by atoms with Crippen molar-refractivity contribution in [1.82, 2.24) is 15.0 Å². The van der Waals surface area contributed by atoms with Crippen molar-refractivity contribution in [1.29, 1.82) is 0 Å². The molecule has 2 aromatic heterocycles. The fraction of sp³-hybridized carbons (Fsp3) is 0.0500. The van der Waals surface area contributed by atoms with E-state index in [9.17, 15) is 4.21 Å². The highest BCUT2D eigenvalue weighted by Crippen LogP contribution is 2.20. The number of pyridine rings is 1. The molecule has 128 valence electrons. The molecule has 0 saturated carbocycles. The lowest BCUT2D eigenvalue weighted by Crippen LogP contribution is -1.99. The number of aromatic nitrogens is 3. The van der Waals surface area contributed by atoms with E-state index >= 15 is 0 Å². The molecule has 1 unspecified atom stereocenters. The predicted molar refractivity (Wildman–Crippen MR) is 104 cm³/mol. The largest absolute Gasteiger partial charge is 0.340 e. The van der Waals surface area contributed by atoms with E-state index in [1.807, 2.05) is 66.7 Å². The molecular formula is C20H16N4OS. The molecule has 2 aromatic carbocycles. The van der Waals surface area contributed by atoms with Gasteiger partial charge in [0.25, 0.3) is 0 Å². The van der Waals surface area contributed by atoms with Crippen LogP contribution in [0, 0.1) is 0 Å². The molecule has 0 aliphatic rings. The summed E-state index contributed by atoms with van der Waals surface area (Å²) in [6, 6.07) is 21.1. The molecule has 0 radical (unpaired) electrons. The van der Waals surface area contributed by atoms with Crippen LogP contribution in [0.25, 0.3) is 11.2 Å². The van der Waals surface area contributed by atoms with Crippen LogP contribution in [0.3, 0.4) is 0 Å². The first-order valence-corrected chi connectivity index (χ1v) is 9.47. The summed E-state index contributed by atoms with van der Waals surface area (Å²) in [4.78, 5) is 13.7. The highest BCUT2D eigenvalue weighted by atomic mass is 32.2. The third-order valence-electron chi connectivity index (χ3n) is 3.83. The van der Waals surface area contributed by atoms with Gasteiger partial charge in [0.2, 0.25) is 0 Å². The predicted octanol–water partition coefficient (Wildman–Crippen LogP) is 4.08. The zero-order valence-electron chi connectivity index (χ0n) is 13.9. The standard InChI is InChI=1S/C20H16N4OS/c25-26(17-7-2-1-3-8-17)14-15-5-4-6-16(13-15)23-19-10-9-18-20(24-19)22-12-11-21-18/h1-13H,14H2,(H,22,23,24). The number of fused-ring (bicyclic) bond motifs is 1. The molecule has 1 atom stereocenters. The molecule has 2 heterocycles. The highest BCUT2D eigenvalue weighted by molar-refractivity contribution is 7.84. The van der Waals surface area contributed by atoms with Gasteiger partial charge in [0.05, 0.1) is 16.6 Å². The Morgan fingerprint density at radius 3 is 2.62 bits per heavy atom. The normalized spacial score (nSPS) is 12.0. The van der Waals surface area contributed by atoms with Gasteiger partial charge in [0, 0.05) is 23.0 Å². The number of benzene rings is 2. The van der Waals surface area contributed by atoms with E-state index in [4.69, 9.17) is 0 Å². The van der Waals surface area contributed by atoms with Gasteiger partial charge in [-0.2, -0.15) is 0 Å². The number of nitrogens with zero attached hydrogens (tertiary/aromatic N) is 3. The lowest BCUT2D eigenvalue weighted by atomic mass is 10.2. The Hall–Kier alpha value is -3.12. The maximum atomic E-state index is 12.5. The minimum atomic E-state index is -1.07. The number of rotatable bonds is 5. The van der Waals surface area contributed by atoms with E-state index < -0.39 is 10.8 Å². The first-order chi connectivity index (χ1) is 12.8. The van der Waals surface area contributed by atoms with Crippen LogP contribution in [-0.4, -0.2) is 19.2 Å². The van der Waals surface area contributed by atoms with Gasteiger partial charge >= 0.3 is 0 Å². The number of hydrogen-bond acceptors (Lipinski definition) is 5. The number of anilines is 2. The molecule has 5 nitrogen and oxygen atoms in total. The van der Waals surface area contributed by atoms with Crippen molar-refractivity contribution in [2.75, 3.05) is 5.32 Å². The second-order valence-corrected chi connectivity index (χ2v) is 7.17. The SMILES string of the molecule is O=S(Cc1cccc(Nc2ccc3nccnc3n2)c1)c1ccccc1. The second-order valence-electron chi connectivity index (χ2n) is 5.72. The summed E-state index contributed by atoms with van der Waals surface area (Å²) in [6.07, 6.45) is 3.27. The topological polar surface area (TPSA) is 67.8 Å². The van der Waals surface area contributed by atoms with Crippen molar-refractivity contribution in [2.24, 2.45) is 0 Å². The Labute approximate surface area is 153 Å². The molecule has 0 aliphatic carbocycles. The van der Waals surface area contributed by atoms with Crippen LogP contribution in [-0.2, 0) is 16.6 Å². The van der Waals surface area contributed by atoms with Gasteiger partial charge in [-0.1, -0.05) is 30.3 Å². The van der Waals surface area contributed by atoms with Crippen LogP contribution in [0.2, 0.25) is 0 Å². The van der Waals surface area contributed by atoms with E-state index in [-0.39, 0.29) is 0 Å². The molecule has 26 heavy (non-hydrogen) atoms. The van der Waals surface area contributed by atoms with Crippen molar-refractivity contribution < 1.29 is 4.21 Å². The Balaban J connectivity index is 1.52. The summed E-state index contributed by atoms with van der Waals surface area (Å²) in [7, 11) is -1.07. The minimum Gasteiger partial charge on any atom is -0.340 e. The zero-order chi connectivity index (χ0) is 17.8. The summed E-state index contributed by atoms with van der Waals surface area (Å²) < 4.78 is 12.5. The third-order valence-corrected chi connectivity index (χ3v) is 5.23. The van der Waals surface area contributed by atoms with E-state index in [1.165, 1.54) is 0 Å². The Bertz CT molecular complexity index is 1070. The Morgan fingerprint density at radius 2 is 1.73 bits per heavy atom. The van der Waals surface area contributed by atoms with Crippen LogP contribution in [0.4, 0.5) is 11.5 Å². The monoisotopic (exact) mass is 360 g/mol.